The minimum atomic E-state index is -0.960. The number of aliphatic carboxylic acids is 1. The van der Waals surface area contributed by atoms with E-state index in [9.17, 15) is 14.4 Å². The highest BCUT2D eigenvalue weighted by molar-refractivity contribution is 5.92. The molecule has 2 N–H and O–H groups in total. The van der Waals surface area contributed by atoms with Crippen LogP contribution in [0.5, 0.6) is 0 Å². The fourth-order valence-corrected chi connectivity index (χ4v) is 4.31. The first kappa shape index (κ1) is 22.4. The number of carboxylic acids is 1. The smallest absolute Gasteiger partial charge is 0.305 e. The number of nitrogens with one attached hydrogen (secondary N) is 1. The van der Waals surface area contributed by atoms with Crippen molar-refractivity contribution in [3.8, 4) is 0 Å². The number of fused-ring (bicyclic) bond motifs is 1. The van der Waals surface area contributed by atoms with Crippen LogP contribution in [0.25, 0.3) is 11.2 Å². The first-order valence-corrected chi connectivity index (χ1v) is 11.1. The second kappa shape index (κ2) is 9.01. The fourth-order valence-electron chi connectivity index (χ4n) is 4.31. The van der Waals surface area contributed by atoms with E-state index in [1.54, 1.807) is 30.7 Å². The number of anilines is 2. The van der Waals surface area contributed by atoms with E-state index in [-0.39, 0.29) is 30.2 Å². The molecule has 1 amide bonds. The van der Waals surface area contributed by atoms with Gasteiger partial charge in [-0.25, -0.2) is 9.97 Å². The number of rotatable bonds is 8. The Morgan fingerprint density at radius 1 is 1.15 bits per heavy atom. The molecule has 0 bridgehead atoms. The van der Waals surface area contributed by atoms with Crippen LogP contribution in [0.4, 0.5) is 11.6 Å². The van der Waals surface area contributed by atoms with Gasteiger partial charge in [-0.3, -0.25) is 23.9 Å². The van der Waals surface area contributed by atoms with Crippen LogP contribution in [0.15, 0.2) is 47.3 Å². The summed E-state index contributed by atoms with van der Waals surface area (Å²) >= 11 is 0. The van der Waals surface area contributed by atoms with Crippen LogP contribution in [0, 0.1) is 0 Å². The first-order chi connectivity index (χ1) is 15.9. The second-order valence-electron chi connectivity index (χ2n) is 8.24. The number of pyridine rings is 1. The molecule has 1 aromatic carbocycles. The van der Waals surface area contributed by atoms with Gasteiger partial charge in [0.25, 0.3) is 5.56 Å². The average Bonchev–Trinajstić information content (AvgIpc) is 2.79. The highest BCUT2D eigenvalue weighted by atomic mass is 16.4. The molecule has 0 radical (unpaired) electrons. The summed E-state index contributed by atoms with van der Waals surface area (Å²) < 4.78 is 1.69. The Morgan fingerprint density at radius 2 is 1.88 bits per heavy atom. The maximum Gasteiger partial charge on any atom is 0.305 e. The Balaban J connectivity index is 1.93. The molecule has 3 aromatic rings. The third-order valence-electron chi connectivity index (χ3n) is 6.26. The summed E-state index contributed by atoms with van der Waals surface area (Å²) in [6.07, 6.45) is 2.69. The summed E-state index contributed by atoms with van der Waals surface area (Å²) in [5, 5.41) is 11.9. The molecule has 9 nitrogen and oxygen atoms in total. The van der Waals surface area contributed by atoms with Gasteiger partial charge in [0.2, 0.25) is 5.91 Å². The molecule has 1 saturated carbocycles. The summed E-state index contributed by atoms with van der Waals surface area (Å²) in [5.41, 5.74) is 0.969. The predicted molar refractivity (Wildman–Crippen MR) is 126 cm³/mol. The van der Waals surface area contributed by atoms with Gasteiger partial charge in [0.1, 0.15) is 11.3 Å². The van der Waals surface area contributed by atoms with Crippen molar-refractivity contribution in [1.29, 1.82) is 0 Å². The lowest BCUT2D eigenvalue weighted by Crippen LogP contribution is -2.48. The topological polar surface area (TPSA) is 117 Å². The third kappa shape index (κ3) is 4.06. The first-order valence-electron chi connectivity index (χ1n) is 11.1. The van der Waals surface area contributed by atoms with E-state index in [0.717, 1.165) is 24.8 Å². The maximum absolute atomic E-state index is 13.7. The molecule has 4 rings (SSSR count). The van der Waals surface area contributed by atoms with Crippen LogP contribution < -0.4 is 15.8 Å². The Morgan fingerprint density at radius 3 is 2.48 bits per heavy atom. The molecule has 0 atom stereocenters. The quantitative estimate of drug-likeness (QED) is 0.543. The van der Waals surface area contributed by atoms with E-state index in [0.29, 0.717) is 23.4 Å². The van der Waals surface area contributed by atoms with Gasteiger partial charge in [-0.15, -0.1) is 0 Å². The van der Waals surface area contributed by atoms with E-state index in [2.05, 4.69) is 10.3 Å². The molecule has 1 aliphatic carbocycles. The summed E-state index contributed by atoms with van der Waals surface area (Å²) in [4.78, 5) is 47.6. The molecule has 0 saturated heterocycles. The number of hydrogen-bond donors (Lipinski definition) is 2. The van der Waals surface area contributed by atoms with E-state index >= 15 is 0 Å². The maximum atomic E-state index is 13.7. The largest absolute Gasteiger partial charge is 0.481 e. The van der Waals surface area contributed by atoms with Gasteiger partial charge in [0, 0.05) is 20.0 Å². The second-order valence-corrected chi connectivity index (χ2v) is 8.24. The van der Waals surface area contributed by atoms with Crippen LogP contribution in [-0.2, 0) is 15.1 Å². The number of amides is 1. The molecule has 9 heteroatoms. The summed E-state index contributed by atoms with van der Waals surface area (Å²) in [7, 11) is 1.66. The number of benzene rings is 1. The Labute approximate surface area is 191 Å². The number of aromatic nitrogens is 3. The zero-order valence-corrected chi connectivity index (χ0v) is 18.7. The number of carbonyl (C=O) groups is 2. The molecule has 33 heavy (non-hydrogen) atoms. The summed E-state index contributed by atoms with van der Waals surface area (Å²) in [6, 6.07) is 13.3. The lowest BCUT2D eigenvalue weighted by Gasteiger charge is -2.44. The monoisotopic (exact) mass is 449 g/mol. The molecule has 1 aliphatic rings. The van der Waals surface area contributed by atoms with E-state index in [1.165, 1.54) is 4.90 Å². The predicted octanol–water partition coefficient (Wildman–Crippen LogP) is 2.98. The Hall–Kier alpha value is -3.75. The Kier molecular flexibility index (Phi) is 6.13. The number of nitrogens with zero attached hydrogens (tertiary/aromatic N) is 4. The third-order valence-corrected chi connectivity index (χ3v) is 6.26. The normalized spacial score (nSPS) is 14.5. The fraction of sp³-hybridized carbons (Fsp3) is 0.375. The lowest BCUT2D eigenvalue weighted by molar-refractivity contribution is -0.136. The van der Waals surface area contributed by atoms with Crippen molar-refractivity contribution >= 4 is 34.7 Å². The van der Waals surface area contributed by atoms with Gasteiger partial charge in [0.15, 0.2) is 11.5 Å². The summed E-state index contributed by atoms with van der Waals surface area (Å²) in [5.74, 6) is -0.507. The van der Waals surface area contributed by atoms with Crippen molar-refractivity contribution in [2.24, 2.45) is 0 Å². The number of hydrogen-bond acceptors (Lipinski definition) is 6. The molecule has 0 aliphatic heterocycles. The standard InChI is InChI=1S/C24H27N5O4/c1-3-19(30)28(2)18-11-10-17-22(27-18)29(23(33)21(26-17)25-15-12-20(31)32)24(13-7-14-24)16-8-5-4-6-9-16/h4-6,8-11H,3,7,12-15H2,1-2H3,(H,25,26)(H,31,32). The lowest BCUT2D eigenvalue weighted by atomic mass is 9.71. The molecule has 2 aromatic heterocycles. The van der Waals surface area contributed by atoms with Crippen molar-refractivity contribution in [3.05, 3.63) is 58.4 Å². The van der Waals surface area contributed by atoms with Gasteiger partial charge < -0.3 is 10.4 Å². The highest BCUT2D eigenvalue weighted by Gasteiger charge is 2.43. The molecule has 0 unspecified atom stereocenters. The molecule has 0 spiro atoms. The minimum Gasteiger partial charge on any atom is -0.481 e. The zero-order valence-electron chi connectivity index (χ0n) is 18.7. The van der Waals surface area contributed by atoms with Crippen LogP contribution >= 0.6 is 0 Å². The Bertz CT molecular complexity index is 1250. The molecule has 2 heterocycles. The number of carboxylic acid groups (broad SMARTS) is 1. The van der Waals surface area contributed by atoms with Crippen LogP contribution in [0.1, 0.15) is 44.6 Å². The molecule has 172 valence electrons. The van der Waals surface area contributed by atoms with E-state index < -0.39 is 11.5 Å². The van der Waals surface area contributed by atoms with Gasteiger partial charge in [-0.1, -0.05) is 37.3 Å². The van der Waals surface area contributed by atoms with Crippen LogP contribution in [0.3, 0.4) is 0 Å². The average molecular weight is 450 g/mol. The van der Waals surface area contributed by atoms with E-state index in [1.807, 2.05) is 30.3 Å². The van der Waals surface area contributed by atoms with Crippen molar-refractivity contribution in [3.63, 3.8) is 0 Å². The minimum absolute atomic E-state index is 0.0840. The highest BCUT2D eigenvalue weighted by Crippen LogP contribution is 2.45. The van der Waals surface area contributed by atoms with Crippen LogP contribution in [-0.4, -0.2) is 45.1 Å². The van der Waals surface area contributed by atoms with Gasteiger partial charge in [0.05, 0.1) is 12.0 Å². The van der Waals surface area contributed by atoms with Crippen molar-refractivity contribution in [2.45, 2.75) is 44.6 Å². The van der Waals surface area contributed by atoms with Gasteiger partial charge in [-0.2, -0.15) is 0 Å². The molecular formula is C24H27N5O4. The molecular weight excluding hydrogens is 422 g/mol. The number of carbonyl (C=O) groups excluding carboxylic acids is 1. The van der Waals surface area contributed by atoms with Crippen molar-refractivity contribution in [2.75, 3.05) is 23.8 Å². The molecule has 1 fully saturated rings. The van der Waals surface area contributed by atoms with Crippen LogP contribution in [0.2, 0.25) is 0 Å². The zero-order chi connectivity index (χ0) is 23.6. The van der Waals surface area contributed by atoms with Gasteiger partial charge in [-0.05, 0) is 37.0 Å². The van der Waals surface area contributed by atoms with Crippen molar-refractivity contribution in [1.82, 2.24) is 14.5 Å². The van der Waals surface area contributed by atoms with E-state index in [4.69, 9.17) is 10.1 Å². The summed E-state index contributed by atoms with van der Waals surface area (Å²) in [6.45, 7) is 1.87. The van der Waals surface area contributed by atoms with Gasteiger partial charge >= 0.3 is 5.97 Å². The van der Waals surface area contributed by atoms with Crippen molar-refractivity contribution < 1.29 is 14.7 Å². The SMILES string of the molecule is CCC(=O)N(C)c1ccc2nc(NCCC(=O)O)c(=O)n(C3(c4ccccc4)CCC3)c2n1.